The van der Waals surface area contributed by atoms with E-state index in [9.17, 15) is 14.8 Å². The van der Waals surface area contributed by atoms with Crippen molar-refractivity contribution in [2.24, 2.45) is 5.92 Å². The molecule has 0 aliphatic heterocycles. The third kappa shape index (κ3) is 6.94. The molecule has 1 aromatic carbocycles. The quantitative estimate of drug-likeness (QED) is 0.168. The maximum Gasteiger partial charge on any atom is 0.243 e. The Morgan fingerprint density at radius 2 is 1.91 bits per heavy atom. The number of hydroxylamine groups is 2. The number of rotatable bonds is 14. The van der Waals surface area contributed by atoms with Crippen LogP contribution in [0.3, 0.4) is 0 Å². The topological polar surface area (TPSA) is 135 Å². The van der Waals surface area contributed by atoms with Crippen LogP contribution in [0.1, 0.15) is 32.6 Å². The molecule has 0 aliphatic rings. The van der Waals surface area contributed by atoms with Crippen molar-refractivity contribution in [3.05, 3.63) is 24.4 Å². The van der Waals surface area contributed by atoms with Crippen LogP contribution in [0.5, 0.6) is 17.2 Å². The van der Waals surface area contributed by atoms with Gasteiger partial charge in [-0.1, -0.05) is 26.2 Å². The Balaban J connectivity index is 2.18. The minimum atomic E-state index is -0.589. The zero-order valence-corrected chi connectivity index (χ0v) is 19.3. The number of carbonyl (C=O) groups excluding carboxylic acids is 2. The second kappa shape index (κ2) is 13.1. The summed E-state index contributed by atoms with van der Waals surface area (Å²) >= 11 is 0. The van der Waals surface area contributed by atoms with Crippen LogP contribution < -0.4 is 25.1 Å². The van der Waals surface area contributed by atoms with Gasteiger partial charge in [0.15, 0.2) is 11.5 Å². The van der Waals surface area contributed by atoms with Crippen LogP contribution >= 0.6 is 0 Å². The molecule has 1 aromatic heterocycles. The first-order valence-corrected chi connectivity index (χ1v) is 10.6. The van der Waals surface area contributed by atoms with Gasteiger partial charge >= 0.3 is 0 Å². The average molecular weight is 462 g/mol. The van der Waals surface area contributed by atoms with Crippen LogP contribution in [-0.2, 0) is 9.59 Å². The predicted octanol–water partition coefficient (Wildman–Crippen LogP) is 2.66. The maximum absolute atomic E-state index is 12.6. The Labute approximate surface area is 193 Å². The standard InChI is InChI=1S/C22H31N5O6/c1-5-6-7-8-15(13-27(30)14-28)21(29)25-26-22-23-12-11-17(24-22)16-9-10-18(31-2)20(33-4)19(16)32-3/h9-12,14-15,30H,5-8,13H2,1-4H3,(H,25,29)(H,23,24,26). The summed E-state index contributed by atoms with van der Waals surface area (Å²) < 4.78 is 16.2. The van der Waals surface area contributed by atoms with E-state index in [0.717, 1.165) is 19.3 Å². The molecule has 2 aromatic rings. The first-order valence-electron chi connectivity index (χ1n) is 10.6. The van der Waals surface area contributed by atoms with Gasteiger partial charge in [-0.05, 0) is 24.6 Å². The van der Waals surface area contributed by atoms with Crippen molar-refractivity contribution >= 4 is 18.3 Å². The molecule has 1 heterocycles. The summed E-state index contributed by atoms with van der Waals surface area (Å²) in [5.41, 5.74) is 6.43. The number of hydrazine groups is 1. The molecule has 1 unspecified atom stereocenters. The molecule has 1 atom stereocenters. The van der Waals surface area contributed by atoms with Gasteiger partial charge in [0, 0.05) is 11.8 Å². The van der Waals surface area contributed by atoms with Crippen LogP contribution in [0, 0.1) is 5.92 Å². The van der Waals surface area contributed by atoms with Crippen molar-refractivity contribution in [3.8, 4) is 28.5 Å². The second-order valence-electron chi connectivity index (χ2n) is 7.18. The fourth-order valence-corrected chi connectivity index (χ4v) is 3.31. The van der Waals surface area contributed by atoms with Crippen molar-refractivity contribution in [1.29, 1.82) is 0 Å². The Morgan fingerprint density at radius 1 is 1.15 bits per heavy atom. The highest BCUT2D eigenvalue weighted by molar-refractivity contribution is 5.80. The average Bonchev–Trinajstić information content (AvgIpc) is 2.85. The van der Waals surface area contributed by atoms with Gasteiger partial charge in [0.2, 0.25) is 24.0 Å². The van der Waals surface area contributed by atoms with Crippen LogP contribution in [0.25, 0.3) is 11.3 Å². The SMILES string of the molecule is CCCCCC(CN(O)C=O)C(=O)NNc1nccc(-c2ccc(OC)c(OC)c2OC)n1. The number of nitrogens with one attached hydrogen (secondary N) is 2. The number of aromatic nitrogens is 2. The molecule has 33 heavy (non-hydrogen) atoms. The van der Waals surface area contributed by atoms with E-state index in [2.05, 4.69) is 27.7 Å². The molecule has 0 saturated carbocycles. The summed E-state index contributed by atoms with van der Waals surface area (Å²) in [5, 5.41) is 9.99. The van der Waals surface area contributed by atoms with E-state index in [4.69, 9.17) is 14.2 Å². The lowest BCUT2D eigenvalue weighted by Crippen LogP contribution is -2.40. The molecule has 2 amide bonds. The first-order chi connectivity index (χ1) is 16.0. The zero-order valence-electron chi connectivity index (χ0n) is 19.3. The number of methoxy groups -OCH3 is 3. The Kier molecular flexibility index (Phi) is 10.2. The molecule has 180 valence electrons. The van der Waals surface area contributed by atoms with Gasteiger partial charge in [0.1, 0.15) is 0 Å². The fraction of sp³-hybridized carbons (Fsp3) is 0.455. The summed E-state index contributed by atoms with van der Waals surface area (Å²) in [6.45, 7) is 1.95. The number of ether oxygens (including phenoxy) is 3. The van der Waals surface area contributed by atoms with Crippen LogP contribution in [0.4, 0.5) is 5.95 Å². The highest BCUT2D eigenvalue weighted by Gasteiger charge is 2.21. The molecule has 11 nitrogen and oxygen atoms in total. The van der Waals surface area contributed by atoms with Gasteiger partial charge in [-0.25, -0.2) is 15.0 Å². The number of carbonyl (C=O) groups is 2. The number of hydrogen-bond acceptors (Lipinski definition) is 9. The largest absolute Gasteiger partial charge is 0.493 e. The van der Waals surface area contributed by atoms with E-state index in [1.807, 2.05) is 0 Å². The molecular formula is C22H31N5O6. The van der Waals surface area contributed by atoms with Crippen molar-refractivity contribution < 1.29 is 29.0 Å². The summed E-state index contributed by atoms with van der Waals surface area (Å²) in [5.74, 6) is 0.565. The molecule has 0 fully saturated rings. The van der Waals surface area contributed by atoms with E-state index in [-0.39, 0.29) is 24.8 Å². The Hall–Kier alpha value is -3.60. The summed E-state index contributed by atoms with van der Waals surface area (Å²) in [6, 6.07) is 5.21. The highest BCUT2D eigenvalue weighted by Crippen LogP contribution is 2.43. The smallest absolute Gasteiger partial charge is 0.243 e. The number of amides is 2. The van der Waals surface area contributed by atoms with Crippen molar-refractivity contribution in [1.82, 2.24) is 20.5 Å². The first kappa shape index (κ1) is 25.7. The molecule has 3 N–H and O–H groups in total. The zero-order chi connectivity index (χ0) is 24.2. The van der Waals surface area contributed by atoms with Gasteiger partial charge in [0.05, 0.1) is 39.5 Å². The summed E-state index contributed by atoms with van der Waals surface area (Å²) in [6.07, 6.45) is 5.07. The molecule has 0 aliphatic carbocycles. The Bertz CT molecular complexity index is 926. The minimum absolute atomic E-state index is 0.107. The van der Waals surface area contributed by atoms with E-state index in [1.54, 1.807) is 18.2 Å². The summed E-state index contributed by atoms with van der Waals surface area (Å²) in [7, 11) is 4.57. The number of unbranched alkanes of at least 4 members (excludes halogenated alkanes) is 2. The van der Waals surface area contributed by atoms with Gasteiger partial charge in [-0.15, -0.1) is 0 Å². The number of benzene rings is 1. The van der Waals surface area contributed by atoms with Crippen LogP contribution in [0.15, 0.2) is 24.4 Å². The molecule has 0 saturated heterocycles. The summed E-state index contributed by atoms with van der Waals surface area (Å²) in [4.78, 5) is 32.0. The fourth-order valence-electron chi connectivity index (χ4n) is 3.31. The van der Waals surface area contributed by atoms with Crippen LogP contribution in [-0.4, -0.2) is 60.4 Å². The van der Waals surface area contributed by atoms with E-state index in [0.29, 0.717) is 40.0 Å². The van der Waals surface area contributed by atoms with Crippen molar-refractivity contribution in [2.45, 2.75) is 32.6 Å². The molecule has 0 bridgehead atoms. The predicted molar refractivity (Wildman–Crippen MR) is 121 cm³/mol. The highest BCUT2D eigenvalue weighted by atomic mass is 16.5. The van der Waals surface area contributed by atoms with Gasteiger partial charge in [-0.2, -0.15) is 0 Å². The lowest BCUT2D eigenvalue weighted by Gasteiger charge is -2.20. The number of nitrogens with zero attached hydrogens (tertiary/aromatic N) is 3. The Morgan fingerprint density at radius 3 is 2.55 bits per heavy atom. The second-order valence-corrected chi connectivity index (χ2v) is 7.18. The molecule has 11 heteroatoms. The maximum atomic E-state index is 12.6. The monoisotopic (exact) mass is 461 g/mol. The number of anilines is 1. The van der Waals surface area contributed by atoms with Gasteiger partial charge in [0.25, 0.3) is 0 Å². The molecule has 0 radical (unpaired) electrons. The van der Waals surface area contributed by atoms with Crippen LogP contribution in [0.2, 0.25) is 0 Å². The van der Waals surface area contributed by atoms with E-state index < -0.39 is 5.92 Å². The normalized spacial score (nSPS) is 11.3. The third-order valence-corrected chi connectivity index (χ3v) is 4.99. The third-order valence-electron chi connectivity index (χ3n) is 4.99. The number of hydrogen-bond donors (Lipinski definition) is 3. The van der Waals surface area contributed by atoms with Gasteiger partial charge < -0.3 is 14.2 Å². The van der Waals surface area contributed by atoms with E-state index >= 15 is 0 Å². The lowest BCUT2D eigenvalue weighted by molar-refractivity contribution is -0.154. The lowest BCUT2D eigenvalue weighted by atomic mass is 10.0. The van der Waals surface area contributed by atoms with E-state index in [1.165, 1.54) is 27.5 Å². The minimum Gasteiger partial charge on any atom is -0.493 e. The van der Waals surface area contributed by atoms with Crippen molar-refractivity contribution in [3.63, 3.8) is 0 Å². The molecule has 2 rings (SSSR count). The molecule has 0 spiro atoms. The molecular weight excluding hydrogens is 430 g/mol. The van der Waals surface area contributed by atoms with Crippen molar-refractivity contribution in [2.75, 3.05) is 33.3 Å². The van der Waals surface area contributed by atoms with Gasteiger partial charge in [-0.3, -0.25) is 25.6 Å².